The highest BCUT2D eigenvalue weighted by Gasteiger charge is 2.42. The van der Waals surface area contributed by atoms with E-state index in [0.717, 1.165) is 41.8 Å². The fourth-order valence-electron chi connectivity index (χ4n) is 4.36. The first-order chi connectivity index (χ1) is 15.5. The Morgan fingerprint density at radius 1 is 1.09 bits per heavy atom. The normalized spacial score (nSPS) is 15.6. The number of ether oxygens (including phenoxy) is 1. The first-order valence-corrected chi connectivity index (χ1v) is 11.7. The SMILES string of the molecule is CCN(CC)CCCN1C(=O)c2oc3ccc(Br)cc3c(=O)c2[C@@H]1c1ccc(OC)cc1. The highest BCUT2D eigenvalue weighted by Crippen LogP contribution is 2.38. The summed E-state index contributed by atoms with van der Waals surface area (Å²) in [5, 5.41) is 0.467. The van der Waals surface area contributed by atoms with E-state index in [2.05, 4.69) is 34.7 Å². The van der Waals surface area contributed by atoms with E-state index >= 15 is 0 Å². The van der Waals surface area contributed by atoms with E-state index in [1.807, 2.05) is 24.3 Å². The molecule has 6 nitrogen and oxygen atoms in total. The minimum absolute atomic E-state index is 0.147. The zero-order valence-electron chi connectivity index (χ0n) is 18.6. The van der Waals surface area contributed by atoms with E-state index in [0.29, 0.717) is 23.1 Å². The van der Waals surface area contributed by atoms with Gasteiger partial charge in [-0.3, -0.25) is 9.59 Å². The molecule has 0 aliphatic carbocycles. The van der Waals surface area contributed by atoms with Gasteiger partial charge in [-0.05, 0) is 62.0 Å². The Morgan fingerprint density at radius 3 is 2.47 bits per heavy atom. The lowest BCUT2D eigenvalue weighted by Gasteiger charge is -2.26. The Morgan fingerprint density at radius 2 is 1.81 bits per heavy atom. The molecule has 1 amide bonds. The van der Waals surface area contributed by atoms with Crippen molar-refractivity contribution in [1.82, 2.24) is 9.80 Å². The number of amides is 1. The van der Waals surface area contributed by atoms with Gasteiger partial charge in [0.2, 0.25) is 5.76 Å². The molecule has 0 N–H and O–H groups in total. The second-order valence-corrected chi connectivity index (χ2v) is 8.78. The molecule has 0 saturated carbocycles. The van der Waals surface area contributed by atoms with Crippen LogP contribution in [0.3, 0.4) is 0 Å². The van der Waals surface area contributed by atoms with Gasteiger partial charge in [-0.25, -0.2) is 0 Å². The van der Waals surface area contributed by atoms with Gasteiger partial charge >= 0.3 is 0 Å². The third-order valence-corrected chi connectivity index (χ3v) is 6.62. The molecular formula is C25H27BrN2O4. The maximum Gasteiger partial charge on any atom is 0.290 e. The average molecular weight is 499 g/mol. The summed E-state index contributed by atoms with van der Waals surface area (Å²) in [6, 6.07) is 12.3. The molecule has 32 heavy (non-hydrogen) atoms. The number of hydrogen-bond donors (Lipinski definition) is 0. The van der Waals surface area contributed by atoms with Crippen LogP contribution in [0.4, 0.5) is 0 Å². The number of carbonyl (C=O) groups is 1. The number of halogens is 1. The summed E-state index contributed by atoms with van der Waals surface area (Å²) in [5.41, 5.74) is 1.53. The standard InChI is InChI=1S/C25H27BrN2O4/c1-4-27(5-2)13-6-14-28-22(16-7-10-18(31-3)11-8-16)21-23(29)19-15-17(26)9-12-20(19)32-24(21)25(28)30/h7-12,15,22H,4-6,13-14H2,1-3H3/t22-/m0/s1. The van der Waals surface area contributed by atoms with Crippen LogP contribution in [0.5, 0.6) is 5.75 Å². The van der Waals surface area contributed by atoms with E-state index in [-0.39, 0.29) is 17.1 Å². The summed E-state index contributed by atoms with van der Waals surface area (Å²) in [5.74, 6) is 0.636. The van der Waals surface area contributed by atoms with Crippen molar-refractivity contribution in [2.24, 2.45) is 0 Å². The van der Waals surface area contributed by atoms with Crippen LogP contribution in [0.1, 0.15) is 48.0 Å². The maximum atomic E-state index is 13.6. The predicted molar refractivity (Wildman–Crippen MR) is 128 cm³/mol. The van der Waals surface area contributed by atoms with E-state index < -0.39 is 6.04 Å². The fraction of sp³-hybridized carbons (Fsp3) is 0.360. The van der Waals surface area contributed by atoms with Crippen LogP contribution in [0, 0.1) is 0 Å². The molecule has 1 atom stereocenters. The Hall–Kier alpha value is -2.64. The minimum atomic E-state index is -0.486. The van der Waals surface area contributed by atoms with Gasteiger partial charge in [0.1, 0.15) is 11.3 Å². The van der Waals surface area contributed by atoms with Gasteiger partial charge in [-0.2, -0.15) is 0 Å². The Bertz CT molecular complexity index is 1190. The molecule has 3 aromatic rings. The van der Waals surface area contributed by atoms with Crippen LogP contribution >= 0.6 is 15.9 Å². The summed E-state index contributed by atoms with van der Waals surface area (Å²) >= 11 is 3.43. The summed E-state index contributed by atoms with van der Waals surface area (Å²) in [4.78, 5) is 31.1. The van der Waals surface area contributed by atoms with Gasteiger partial charge in [0.25, 0.3) is 5.91 Å². The van der Waals surface area contributed by atoms with Crippen LogP contribution in [0.2, 0.25) is 0 Å². The molecule has 0 radical (unpaired) electrons. The van der Waals surface area contributed by atoms with Crippen molar-refractivity contribution in [2.75, 3.05) is 33.3 Å². The van der Waals surface area contributed by atoms with Crippen LogP contribution in [-0.4, -0.2) is 49.0 Å². The Balaban J connectivity index is 1.79. The van der Waals surface area contributed by atoms with Crippen molar-refractivity contribution in [3.05, 3.63) is 74.0 Å². The third kappa shape index (κ3) is 4.07. The van der Waals surface area contributed by atoms with Crippen molar-refractivity contribution in [2.45, 2.75) is 26.3 Å². The van der Waals surface area contributed by atoms with Gasteiger partial charge in [-0.1, -0.05) is 41.9 Å². The van der Waals surface area contributed by atoms with Gasteiger partial charge in [0.15, 0.2) is 5.43 Å². The number of rotatable bonds is 8. The molecule has 1 aliphatic heterocycles. The monoisotopic (exact) mass is 498 g/mol. The van der Waals surface area contributed by atoms with Crippen LogP contribution in [0.25, 0.3) is 11.0 Å². The fourth-order valence-corrected chi connectivity index (χ4v) is 4.72. The lowest BCUT2D eigenvalue weighted by atomic mass is 9.98. The molecule has 168 valence electrons. The maximum absolute atomic E-state index is 13.6. The number of methoxy groups -OCH3 is 1. The highest BCUT2D eigenvalue weighted by atomic mass is 79.9. The number of nitrogens with zero attached hydrogens (tertiary/aromatic N) is 2. The summed E-state index contributed by atoms with van der Waals surface area (Å²) in [6.07, 6.45) is 0.813. The quantitative estimate of drug-likeness (QED) is 0.444. The molecule has 7 heteroatoms. The molecular weight excluding hydrogens is 472 g/mol. The zero-order chi connectivity index (χ0) is 22.8. The van der Waals surface area contributed by atoms with Crippen molar-refractivity contribution in [1.29, 1.82) is 0 Å². The van der Waals surface area contributed by atoms with Crippen LogP contribution in [-0.2, 0) is 0 Å². The molecule has 0 fully saturated rings. The zero-order valence-corrected chi connectivity index (χ0v) is 20.1. The summed E-state index contributed by atoms with van der Waals surface area (Å²) in [6.45, 7) is 7.62. The Kier molecular flexibility index (Phi) is 6.67. The van der Waals surface area contributed by atoms with Crippen molar-refractivity contribution in [3.8, 4) is 5.75 Å². The largest absolute Gasteiger partial charge is 0.497 e. The average Bonchev–Trinajstić information content (AvgIpc) is 3.09. The van der Waals surface area contributed by atoms with Crippen LogP contribution in [0.15, 0.2) is 56.1 Å². The molecule has 0 saturated heterocycles. The first-order valence-electron chi connectivity index (χ1n) is 10.9. The first kappa shape index (κ1) is 22.6. The molecule has 1 aromatic heterocycles. The van der Waals surface area contributed by atoms with E-state index in [4.69, 9.17) is 9.15 Å². The molecule has 0 spiro atoms. The van der Waals surface area contributed by atoms with E-state index in [1.165, 1.54) is 0 Å². The van der Waals surface area contributed by atoms with Gasteiger partial charge in [0.05, 0.1) is 24.1 Å². The third-order valence-electron chi connectivity index (χ3n) is 6.13. The second-order valence-electron chi connectivity index (χ2n) is 7.87. The smallest absolute Gasteiger partial charge is 0.290 e. The van der Waals surface area contributed by atoms with Crippen molar-refractivity contribution >= 4 is 32.8 Å². The van der Waals surface area contributed by atoms with Crippen LogP contribution < -0.4 is 10.2 Å². The van der Waals surface area contributed by atoms with Gasteiger partial charge < -0.3 is 19.0 Å². The number of carbonyl (C=O) groups excluding carboxylic acids is 1. The minimum Gasteiger partial charge on any atom is -0.497 e. The van der Waals surface area contributed by atoms with Crippen molar-refractivity contribution in [3.63, 3.8) is 0 Å². The summed E-state index contributed by atoms with van der Waals surface area (Å²) < 4.78 is 12.1. The Labute approximate surface area is 195 Å². The summed E-state index contributed by atoms with van der Waals surface area (Å²) in [7, 11) is 1.61. The van der Waals surface area contributed by atoms with Gasteiger partial charge in [-0.15, -0.1) is 0 Å². The molecule has 4 rings (SSSR count). The number of benzene rings is 2. The highest BCUT2D eigenvalue weighted by molar-refractivity contribution is 9.10. The lowest BCUT2D eigenvalue weighted by molar-refractivity contribution is 0.0720. The molecule has 0 bridgehead atoms. The lowest BCUT2D eigenvalue weighted by Crippen LogP contribution is -2.33. The van der Waals surface area contributed by atoms with E-state index in [9.17, 15) is 9.59 Å². The molecule has 2 heterocycles. The topological polar surface area (TPSA) is 63.0 Å². The number of hydrogen-bond acceptors (Lipinski definition) is 5. The molecule has 2 aromatic carbocycles. The number of fused-ring (bicyclic) bond motifs is 2. The predicted octanol–water partition coefficient (Wildman–Crippen LogP) is 4.84. The van der Waals surface area contributed by atoms with E-state index in [1.54, 1.807) is 30.2 Å². The second kappa shape index (κ2) is 9.46. The molecule has 1 aliphatic rings. The van der Waals surface area contributed by atoms with Gasteiger partial charge in [0, 0.05) is 11.0 Å². The van der Waals surface area contributed by atoms with Crippen molar-refractivity contribution < 1.29 is 13.9 Å². The molecule has 0 unspecified atom stereocenters.